The van der Waals surface area contributed by atoms with E-state index in [-0.39, 0.29) is 22.5 Å². The zero-order valence-corrected chi connectivity index (χ0v) is 26.8. The van der Waals surface area contributed by atoms with Crippen LogP contribution < -0.4 is 21.3 Å². The molecule has 0 saturated carbocycles. The van der Waals surface area contributed by atoms with Gasteiger partial charge in [-0.3, -0.25) is 9.79 Å². The van der Waals surface area contributed by atoms with Crippen LogP contribution in [0.1, 0.15) is 66.2 Å². The summed E-state index contributed by atoms with van der Waals surface area (Å²) in [4.78, 5) is 30.1. The largest absolute Gasteiger partial charge is 0.508 e. The Morgan fingerprint density at radius 2 is 1.74 bits per heavy atom. The first-order chi connectivity index (χ1) is 19.9. The fourth-order valence-electron chi connectivity index (χ4n) is 5.14. The Labute approximate surface area is 252 Å². The molecule has 0 fully saturated rings. The zero-order valence-electron chi connectivity index (χ0n) is 25.0. The quantitative estimate of drug-likeness (QED) is 0.188. The van der Waals surface area contributed by atoms with Gasteiger partial charge in [0.1, 0.15) is 27.8 Å². The van der Waals surface area contributed by atoms with E-state index in [1.807, 2.05) is 50.2 Å². The molecule has 0 spiro atoms. The van der Waals surface area contributed by atoms with Crippen molar-refractivity contribution in [2.45, 2.75) is 71.0 Å². The molecule has 2 heterocycles. The highest BCUT2D eigenvalue weighted by atomic mass is 32.2. The van der Waals surface area contributed by atoms with Gasteiger partial charge in [0.2, 0.25) is 5.91 Å². The number of nitrogens with one attached hydrogen (secondary N) is 1. The Hall–Kier alpha value is -3.63. The molecule has 0 bridgehead atoms. The third kappa shape index (κ3) is 6.55. The van der Waals surface area contributed by atoms with E-state index >= 15 is 0 Å². The van der Waals surface area contributed by atoms with Crippen LogP contribution in [0, 0.1) is 0 Å². The molecule has 1 aromatic heterocycles. The number of oxime groups is 1. The topological polar surface area (TPSA) is 113 Å². The number of thioether (sulfide) groups is 1. The summed E-state index contributed by atoms with van der Waals surface area (Å²) >= 11 is 1.46. The molecule has 0 aliphatic carbocycles. The first-order valence-corrected chi connectivity index (χ1v) is 17.0. The standard InChI is InChI=1S/C32H39N3O5SSi/c1-7-14-26(27-19-23(36)20-28(37)39-27)33-30(38)32(6)21-41-29(34-32)22(2)35-40-42(31(3,4)5,24-15-10-8-11-16-24)25-17-12-9-13-18-25/h8-13,15-20,26,36H,7,14,21H2,1-6H3,(H,33,38)/b35-22+/t26-,32+/m1/s1. The second kappa shape index (κ2) is 12.7. The Bertz CT molecular complexity index is 1480. The summed E-state index contributed by atoms with van der Waals surface area (Å²) in [6, 6.07) is 22.3. The van der Waals surface area contributed by atoms with Crippen LogP contribution in [0.4, 0.5) is 0 Å². The van der Waals surface area contributed by atoms with E-state index in [0.29, 0.717) is 22.9 Å². The van der Waals surface area contributed by atoms with Crippen LogP contribution in [0.2, 0.25) is 5.04 Å². The molecule has 3 aromatic rings. The van der Waals surface area contributed by atoms with Gasteiger partial charge >= 0.3 is 13.9 Å². The normalized spacial score (nSPS) is 18.3. The van der Waals surface area contributed by atoms with Crippen molar-refractivity contribution in [3.05, 3.63) is 89.0 Å². The van der Waals surface area contributed by atoms with Gasteiger partial charge < -0.3 is 19.4 Å². The molecule has 8 nitrogen and oxygen atoms in total. The van der Waals surface area contributed by atoms with Crippen molar-refractivity contribution in [2.24, 2.45) is 10.1 Å². The summed E-state index contributed by atoms with van der Waals surface area (Å²) in [5, 5.41) is 20.2. The fourth-order valence-corrected chi connectivity index (χ4v) is 10.4. The molecular formula is C32H39N3O5SSi. The second-order valence-electron chi connectivity index (χ2n) is 11.8. The van der Waals surface area contributed by atoms with Crippen molar-refractivity contribution in [2.75, 3.05) is 5.75 Å². The van der Waals surface area contributed by atoms with Crippen LogP contribution in [-0.2, 0) is 9.32 Å². The van der Waals surface area contributed by atoms with Gasteiger partial charge in [0, 0.05) is 16.9 Å². The molecule has 2 N–H and O–H groups in total. The molecular weight excluding hydrogens is 567 g/mol. The van der Waals surface area contributed by atoms with Gasteiger partial charge in [-0.2, -0.15) is 0 Å². The number of amides is 1. The van der Waals surface area contributed by atoms with Gasteiger partial charge in [-0.05, 0) is 30.6 Å². The van der Waals surface area contributed by atoms with E-state index in [0.717, 1.165) is 22.9 Å². The number of hydrogen-bond acceptors (Lipinski definition) is 8. The number of carbonyl (C=O) groups is 1. The number of rotatable bonds is 10. The number of nitrogens with zero attached hydrogens (tertiary/aromatic N) is 2. The third-order valence-electron chi connectivity index (χ3n) is 7.37. The molecule has 0 unspecified atom stereocenters. The van der Waals surface area contributed by atoms with Crippen LogP contribution in [0.25, 0.3) is 0 Å². The lowest BCUT2D eigenvalue weighted by Crippen LogP contribution is -2.65. The van der Waals surface area contributed by atoms with E-state index in [4.69, 9.17) is 19.1 Å². The molecule has 42 heavy (non-hydrogen) atoms. The van der Waals surface area contributed by atoms with Crippen LogP contribution in [0.5, 0.6) is 5.75 Å². The molecule has 2 atom stereocenters. The monoisotopic (exact) mass is 605 g/mol. The Balaban J connectivity index is 1.63. The van der Waals surface area contributed by atoms with E-state index in [2.05, 4.69) is 50.4 Å². The summed E-state index contributed by atoms with van der Waals surface area (Å²) in [6.07, 6.45) is 1.26. The molecule has 10 heteroatoms. The molecule has 1 aliphatic rings. The van der Waals surface area contributed by atoms with E-state index in [1.165, 1.54) is 17.8 Å². The van der Waals surface area contributed by atoms with Crippen molar-refractivity contribution in [1.82, 2.24) is 5.32 Å². The maximum absolute atomic E-state index is 13.5. The van der Waals surface area contributed by atoms with Gasteiger partial charge in [0.25, 0.3) is 0 Å². The third-order valence-corrected chi connectivity index (χ3v) is 13.5. The number of aliphatic imine (C=N–C) groups is 1. The molecule has 4 rings (SSSR count). The van der Waals surface area contributed by atoms with Crippen molar-refractivity contribution < 1.29 is 18.8 Å². The number of carbonyl (C=O) groups excluding carboxylic acids is 1. The zero-order chi connectivity index (χ0) is 30.5. The van der Waals surface area contributed by atoms with Gasteiger partial charge in [0.05, 0.1) is 12.1 Å². The lowest BCUT2D eigenvalue weighted by atomic mass is 10.0. The lowest BCUT2D eigenvalue weighted by molar-refractivity contribution is -0.125. The molecule has 2 aromatic carbocycles. The SMILES string of the molecule is CCC[C@@H](NC(=O)[C@]1(C)CSC(/C(C)=N/O[Si](c2ccccc2)(c2ccccc2)C(C)(C)C)=N1)c1cc(O)cc(=O)o1. The summed E-state index contributed by atoms with van der Waals surface area (Å²) < 4.78 is 12.0. The minimum Gasteiger partial charge on any atom is -0.508 e. The van der Waals surface area contributed by atoms with Gasteiger partial charge in [-0.25, -0.2) is 4.79 Å². The van der Waals surface area contributed by atoms with Gasteiger partial charge in [-0.15, -0.1) is 16.9 Å². The molecule has 0 saturated heterocycles. The molecule has 1 amide bonds. The van der Waals surface area contributed by atoms with Crippen molar-refractivity contribution in [3.63, 3.8) is 0 Å². The smallest absolute Gasteiger partial charge is 0.354 e. The number of aromatic hydroxyl groups is 1. The average molecular weight is 606 g/mol. The highest BCUT2D eigenvalue weighted by Gasteiger charge is 2.53. The highest BCUT2D eigenvalue weighted by molar-refractivity contribution is 8.16. The summed E-state index contributed by atoms with van der Waals surface area (Å²) in [6.45, 7) is 12.2. The lowest BCUT2D eigenvalue weighted by Gasteiger charge is -2.40. The summed E-state index contributed by atoms with van der Waals surface area (Å²) in [5.74, 6) is 0.135. The van der Waals surface area contributed by atoms with Crippen molar-refractivity contribution in [3.8, 4) is 5.75 Å². The number of benzene rings is 2. The average Bonchev–Trinajstić information content (AvgIpc) is 3.36. The van der Waals surface area contributed by atoms with Crippen molar-refractivity contribution >= 4 is 47.1 Å². The first-order valence-electron chi connectivity index (χ1n) is 14.1. The predicted molar refractivity (Wildman–Crippen MR) is 173 cm³/mol. The number of hydrogen-bond donors (Lipinski definition) is 2. The van der Waals surface area contributed by atoms with E-state index in [9.17, 15) is 14.7 Å². The minimum atomic E-state index is -2.89. The Morgan fingerprint density at radius 3 is 2.26 bits per heavy atom. The van der Waals surface area contributed by atoms with Gasteiger partial charge in [-0.1, -0.05) is 94.8 Å². The first kappa shape index (κ1) is 31.3. The van der Waals surface area contributed by atoms with E-state index < -0.39 is 25.5 Å². The predicted octanol–water partition coefficient (Wildman–Crippen LogP) is 5.16. The van der Waals surface area contributed by atoms with Crippen LogP contribution in [0.15, 0.2) is 92.2 Å². The maximum atomic E-state index is 13.5. The fraction of sp³-hybridized carbons (Fsp3) is 0.375. The maximum Gasteiger partial charge on any atom is 0.354 e. The molecule has 222 valence electrons. The molecule has 0 radical (unpaired) electrons. The van der Waals surface area contributed by atoms with Crippen LogP contribution >= 0.6 is 11.8 Å². The summed E-state index contributed by atoms with van der Waals surface area (Å²) in [7, 11) is -2.89. The Morgan fingerprint density at radius 1 is 1.14 bits per heavy atom. The van der Waals surface area contributed by atoms with E-state index in [1.54, 1.807) is 6.92 Å². The minimum absolute atomic E-state index is 0.202. The Kier molecular flexibility index (Phi) is 9.47. The van der Waals surface area contributed by atoms with Crippen LogP contribution in [-0.4, -0.2) is 41.4 Å². The van der Waals surface area contributed by atoms with Crippen LogP contribution in [0.3, 0.4) is 0 Å². The highest BCUT2D eigenvalue weighted by Crippen LogP contribution is 2.37. The van der Waals surface area contributed by atoms with Crippen molar-refractivity contribution in [1.29, 1.82) is 0 Å². The van der Waals surface area contributed by atoms with Gasteiger partial charge in [0.15, 0.2) is 0 Å². The second-order valence-corrected chi connectivity index (χ2v) is 16.9. The molecule has 1 aliphatic heterocycles. The summed E-state index contributed by atoms with van der Waals surface area (Å²) in [5.41, 5.74) is -1.12.